The van der Waals surface area contributed by atoms with Gasteiger partial charge in [0.2, 0.25) is 0 Å². The second-order valence-electron chi connectivity index (χ2n) is 5.41. The van der Waals surface area contributed by atoms with E-state index in [1.165, 1.54) is 0 Å². The third kappa shape index (κ3) is 4.89. The Morgan fingerprint density at radius 2 is 1.64 bits per heavy atom. The highest BCUT2D eigenvalue weighted by atomic mass is 32.1. The summed E-state index contributed by atoms with van der Waals surface area (Å²) < 4.78 is 17.3. The summed E-state index contributed by atoms with van der Waals surface area (Å²) in [6.07, 6.45) is 0. The van der Waals surface area contributed by atoms with Crippen molar-refractivity contribution in [2.75, 3.05) is 0 Å². The van der Waals surface area contributed by atoms with Gasteiger partial charge in [-0.2, -0.15) is 0 Å². The van der Waals surface area contributed by atoms with Crippen LogP contribution in [-0.4, -0.2) is 5.11 Å². The molecule has 0 saturated heterocycles. The van der Waals surface area contributed by atoms with Gasteiger partial charge < -0.3 is 18.7 Å². The molecule has 2 aromatic carbocycles. The fourth-order valence-corrected chi connectivity index (χ4v) is 4.87. The van der Waals surface area contributed by atoms with Gasteiger partial charge >= 0.3 is 8.60 Å². The van der Waals surface area contributed by atoms with Gasteiger partial charge in [-0.3, -0.25) is 0 Å². The highest BCUT2D eigenvalue weighted by Gasteiger charge is 2.22. The molecule has 0 saturated carbocycles. The SMILES string of the molecule is OCc1cc(S)cc(S)c1COP1OCc2cc(S)cc(S)c2CO1. The summed E-state index contributed by atoms with van der Waals surface area (Å²) in [4.78, 5) is 3.11. The van der Waals surface area contributed by atoms with E-state index in [0.29, 0.717) is 18.1 Å². The van der Waals surface area contributed by atoms with Gasteiger partial charge in [0.15, 0.2) is 0 Å². The summed E-state index contributed by atoms with van der Waals surface area (Å²) in [7, 11) is -1.52. The number of benzene rings is 2. The van der Waals surface area contributed by atoms with Crippen LogP contribution >= 0.6 is 59.1 Å². The van der Waals surface area contributed by atoms with Crippen molar-refractivity contribution in [3.63, 3.8) is 0 Å². The highest BCUT2D eigenvalue weighted by Crippen LogP contribution is 2.46. The minimum Gasteiger partial charge on any atom is -0.392 e. The predicted octanol–water partition coefficient (Wildman–Crippen LogP) is 4.82. The number of fused-ring (bicyclic) bond motifs is 1. The summed E-state index contributed by atoms with van der Waals surface area (Å²) in [5, 5.41) is 9.53. The fraction of sp³-hybridized carbons (Fsp3) is 0.250. The lowest BCUT2D eigenvalue weighted by molar-refractivity contribution is 0.152. The molecule has 4 nitrogen and oxygen atoms in total. The van der Waals surface area contributed by atoms with E-state index >= 15 is 0 Å². The van der Waals surface area contributed by atoms with Crippen molar-refractivity contribution in [2.45, 2.75) is 46.0 Å². The molecule has 1 aliphatic heterocycles. The maximum Gasteiger partial charge on any atom is 0.333 e. The second kappa shape index (κ2) is 8.87. The Morgan fingerprint density at radius 1 is 0.960 bits per heavy atom. The zero-order valence-corrected chi connectivity index (χ0v) is 17.5. The van der Waals surface area contributed by atoms with E-state index in [4.69, 9.17) is 13.6 Å². The Labute approximate surface area is 169 Å². The highest BCUT2D eigenvalue weighted by molar-refractivity contribution is 7.81. The van der Waals surface area contributed by atoms with Gasteiger partial charge in [-0.1, -0.05) is 0 Å². The second-order valence-corrected chi connectivity index (χ2v) is 8.63. The fourth-order valence-electron chi connectivity index (χ4n) is 2.47. The lowest BCUT2D eigenvalue weighted by atomic mass is 10.1. The Kier molecular flexibility index (Phi) is 7.04. The minimum atomic E-state index is -1.52. The number of hydrogen-bond donors (Lipinski definition) is 5. The molecule has 1 N–H and O–H groups in total. The van der Waals surface area contributed by atoms with Crippen LogP contribution < -0.4 is 0 Å². The molecule has 0 aromatic heterocycles. The standard InChI is InChI=1S/C16H17O4PS4/c17-5-9-1-11(22)3-15(24)13(9)7-19-21-18-6-10-2-12(23)4-16(25)14(10)8-20-21/h1-4,17,22-25H,5-8H2. The van der Waals surface area contributed by atoms with Crippen LogP contribution in [0.4, 0.5) is 0 Å². The van der Waals surface area contributed by atoms with Crippen LogP contribution in [0.2, 0.25) is 0 Å². The van der Waals surface area contributed by atoms with Crippen molar-refractivity contribution in [3.8, 4) is 0 Å². The minimum absolute atomic E-state index is 0.112. The molecule has 1 heterocycles. The van der Waals surface area contributed by atoms with E-state index in [2.05, 4.69) is 50.5 Å². The average molecular weight is 433 g/mol. The smallest absolute Gasteiger partial charge is 0.333 e. The van der Waals surface area contributed by atoms with Crippen LogP contribution in [0.5, 0.6) is 0 Å². The number of rotatable bonds is 4. The lowest BCUT2D eigenvalue weighted by Gasteiger charge is -2.16. The van der Waals surface area contributed by atoms with Gasteiger partial charge in [-0.15, -0.1) is 50.5 Å². The van der Waals surface area contributed by atoms with Crippen molar-refractivity contribution >= 4 is 59.1 Å². The van der Waals surface area contributed by atoms with Crippen molar-refractivity contribution in [1.82, 2.24) is 0 Å². The van der Waals surface area contributed by atoms with E-state index in [0.717, 1.165) is 36.9 Å². The molecular formula is C16H17O4PS4. The average Bonchev–Trinajstić information content (AvgIpc) is 2.76. The molecular weight excluding hydrogens is 415 g/mol. The topological polar surface area (TPSA) is 47.9 Å². The summed E-state index contributed by atoms with van der Waals surface area (Å²) in [6, 6.07) is 7.42. The van der Waals surface area contributed by atoms with Crippen LogP contribution in [0.1, 0.15) is 22.3 Å². The molecule has 0 spiro atoms. The number of aliphatic hydroxyl groups is 1. The van der Waals surface area contributed by atoms with Gasteiger partial charge in [0, 0.05) is 19.6 Å². The van der Waals surface area contributed by atoms with Crippen LogP contribution in [0.15, 0.2) is 43.8 Å². The molecule has 1 unspecified atom stereocenters. The largest absolute Gasteiger partial charge is 0.392 e. The molecule has 1 aliphatic rings. The molecule has 0 amide bonds. The van der Waals surface area contributed by atoms with Crippen LogP contribution in [0.3, 0.4) is 0 Å². The molecule has 0 fully saturated rings. The number of hydrogen-bond acceptors (Lipinski definition) is 8. The third-order valence-corrected chi connectivity index (χ3v) is 6.07. The zero-order chi connectivity index (χ0) is 18.0. The summed E-state index contributed by atoms with van der Waals surface area (Å²) in [5.41, 5.74) is 3.51. The van der Waals surface area contributed by atoms with Crippen LogP contribution in [0.25, 0.3) is 0 Å². The van der Waals surface area contributed by atoms with Gasteiger partial charge in [-0.25, -0.2) is 0 Å². The zero-order valence-electron chi connectivity index (χ0n) is 13.0. The number of aliphatic hydroxyl groups excluding tert-OH is 1. The predicted molar refractivity (Wildman–Crippen MR) is 109 cm³/mol. The molecule has 1 atom stereocenters. The van der Waals surface area contributed by atoms with Crippen molar-refractivity contribution < 1.29 is 18.7 Å². The first-order chi connectivity index (χ1) is 12.0. The summed E-state index contributed by atoms with van der Waals surface area (Å²) in [6.45, 7) is 0.860. The van der Waals surface area contributed by atoms with Crippen molar-refractivity contribution in [2.24, 2.45) is 0 Å². The van der Waals surface area contributed by atoms with Gasteiger partial charge in [0.1, 0.15) is 0 Å². The first-order valence-corrected chi connectivity index (χ1v) is 10.2. The van der Waals surface area contributed by atoms with E-state index in [1.807, 2.05) is 18.2 Å². The molecule has 0 radical (unpaired) electrons. The molecule has 134 valence electrons. The molecule has 2 aromatic rings. The maximum absolute atomic E-state index is 9.53. The molecule has 0 aliphatic carbocycles. The molecule has 3 rings (SSSR count). The van der Waals surface area contributed by atoms with E-state index in [1.54, 1.807) is 6.07 Å². The van der Waals surface area contributed by atoms with Crippen molar-refractivity contribution in [1.29, 1.82) is 0 Å². The number of thiol groups is 4. The van der Waals surface area contributed by atoms with Gasteiger partial charge in [-0.05, 0) is 46.5 Å². The molecule has 9 heteroatoms. The third-order valence-electron chi connectivity index (χ3n) is 3.73. The quantitative estimate of drug-likeness (QED) is 0.355. The summed E-state index contributed by atoms with van der Waals surface area (Å²) in [5.74, 6) is 0. The first kappa shape index (κ1) is 19.9. The Morgan fingerprint density at radius 3 is 2.40 bits per heavy atom. The monoisotopic (exact) mass is 432 g/mol. The molecule has 25 heavy (non-hydrogen) atoms. The molecule has 0 bridgehead atoms. The first-order valence-electron chi connectivity index (χ1n) is 7.35. The van der Waals surface area contributed by atoms with E-state index in [9.17, 15) is 5.11 Å². The Bertz CT molecular complexity index is 787. The van der Waals surface area contributed by atoms with Crippen LogP contribution in [0, 0.1) is 0 Å². The Balaban J connectivity index is 1.69. The van der Waals surface area contributed by atoms with Gasteiger partial charge in [0.25, 0.3) is 0 Å². The van der Waals surface area contributed by atoms with E-state index in [-0.39, 0.29) is 13.2 Å². The van der Waals surface area contributed by atoms with Gasteiger partial charge in [0.05, 0.1) is 26.4 Å². The lowest BCUT2D eigenvalue weighted by Crippen LogP contribution is -2.00. The van der Waals surface area contributed by atoms with Crippen LogP contribution in [-0.2, 0) is 40.0 Å². The Hall–Kier alpha value is 0.110. The maximum atomic E-state index is 9.53. The summed E-state index contributed by atoms with van der Waals surface area (Å²) >= 11 is 17.6. The van der Waals surface area contributed by atoms with Crippen molar-refractivity contribution in [3.05, 3.63) is 46.5 Å². The van der Waals surface area contributed by atoms with E-state index < -0.39 is 8.60 Å². The normalized spacial score (nSPS) is 17.2.